The molecule has 23 heavy (non-hydrogen) atoms. The van der Waals surface area contributed by atoms with Crippen molar-refractivity contribution in [2.45, 2.75) is 45.4 Å². The van der Waals surface area contributed by atoms with Crippen LogP contribution in [0.3, 0.4) is 0 Å². The Labute approximate surface area is 140 Å². The molecule has 1 aromatic heterocycles. The van der Waals surface area contributed by atoms with Gasteiger partial charge < -0.3 is 15.3 Å². The van der Waals surface area contributed by atoms with E-state index in [-0.39, 0.29) is 11.4 Å². The summed E-state index contributed by atoms with van der Waals surface area (Å²) in [6.45, 7) is 7.83. The van der Waals surface area contributed by atoms with Gasteiger partial charge in [0.15, 0.2) is 0 Å². The smallest absolute Gasteiger partial charge is 0.317 e. The van der Waals surface area contributed by atoms with E-state index < -0.39 is 11.9 Å². The molecule has 1 unspecified atom stereocenters. The molecule has 2 amide bonds. The van der Waals surface area contributed by atoms with Gasteiger partial charge in [-0.2, -0.15) is 0 Å². The number of piperidine rings is 1. The number of carboxylic acids is 1. The number of thiazole rings is 1. The molecule has 1 fully saturated rings. The third-order valence-electron chi connectivity index (χ3n) is 3.99. The number of hydrogen-bond acceptors (Lipinski definition) is 4. The SMILES string of the molecule is CC(C)(C)c1csc(CCNC(=O)N2CCCC(C(=O)O)C2)n1. The van der Waals surface area contributed by atoms with Gasteiger partial charge in [-0.1, -0.05) is 20.8 Å². The first-order chi connectivity index (χ1) is 10.8. The van der Waals surface area contributed by atoms with E-state index in [0.29, 0.717) is 32.5 Å². The van der Waals surface area contributed by atoms with Crippen LogP contribution in [-0.2, 0) is 16.6 Å². The molecule has 1 aliphatic rings. The Balaban J connectivity index is 1.78. The largest absolute Gasteiger partial charge is 0.481 e. The minimum atomic E-state index is -0.819. The zero-order valence-corrected chi connectivity index (χ0v) is 14.8. The van der Waals surface area contributed by atoms with Gasteiger partial charge in [-0.25, -0.2) is 9.78 Å². The van der Waals surface area contributed by atoms with Gasteiger partial charge in [0, 0.05) is 36.9 Å². The molecule has 2 rings (SSSR count). The molecule has 7 heteroatoms. The third kappa shape index (κ3) is 4.92. The molecule has 0 bridgehead atoms. The molecule has 2 N–H and O–H groups in total. The lowest BCUT2D eigenvalue weighted by atomic mass is 9.93. The summed E-state index contributed by atoms with van der Waals surface area (Å²) in [4.78, 5) is 29.4. The van der Waals surface area contributed by atoms with Crippen LogP contribution in [0, 0.1) is 5.92 Å². The Kier molecular flexibility index (Phi) is 5.62. The van der Waals surface area contributed by atoms with E-state index in [1.165, 1.54) is 0 Å². The lowest BCUT2D eigenvalue weighted by Gasteiger charge is -2.30. The Morgan fingerprint density at radius 2 is 2.22 bits per heavy atom. The Morgan fingerprint density at radius 1 is 1.48 bits per heavy atom. The van der Waals surface area contributed by atoms with Crippen molar-refractivity contribution in [3.8, 4) is 0 Å². The first kappa shape index (κ1) is 17.7. The van der Waals surface area contributed by atoms with Gasteiger partial charge in [0.25, 0.3) is 0 Å². The summed E-state index contributed by atoms with van der Waals surface area (Å²) in [5, 5.41) is 15.0. The number of aliphatic carboxylic acids is 1. The maximum absolute atomic E-state index is 12.1. The molecular formula is C16H25N3O3S. The van der Waals surface area contributed by atoms with Crippen LogP contribution in [0.1, 0.15) is 44.3 Å². The van der Waals surface area contributed by atoms with Gasteiger partial charge in [0.1, 0.15) is 0 Å². The second-order valence-electron chi connectivity index (χ2n) is 6.98. The average Bonchev–Trinajstić information content (AvgIpc) is 2.96. The summed E-state index contributed by atoms with van der Waals surface area (Å²) in [6, 6.07) is -0.177. The normalized spacial score (nSPS) is 18.7. The zero-order valence-electron chi connectivity index (χ0n) is 14.0. The molecule has 0 radical (unpaired) electrons. The Morgan fingerprint density at radius 3 is 2.83 bits per heavy atom. The van der Waals surface area contributed by atoms with Crippen LogP contribution in [0.4, 0.5) is 4.79 Å². The van der Waals surface area contributed by atoms with Crippen LogP contribution in [-0.4, -0.2) is 46.6 Å². The molecule has 2 heterocycles. The highest BCUT2D eigenvalue weighted by atomic mass is 32.1. The molecule has 1 atom stereocenters. The van der Waals surface area contributed by atoms with Crippen LogP contribution in [0.25, 0.3) is 0 Å². The predicted octanol–water partition coefficient (Wildman–Crippen LogP) is 2.49. The van der Waals surface area contributed by atoms with Crippen LogP contribution in [0.2, 0.25) is 0 Å². The molecule has 1 saturated heterocycles. The molecule has 1 aliphatic heterocycles. The number of carbonyl (C=O) groups is 2. The molecule has 1 aromatic rings. The summed E-state index contributed by atoms with van der Waals surface area (Å²) in [5.41, 5.74) is 1.11. The number of nitrogens with zero attached hydrogens (tertiary/aromatic N) is 2. The van der Waals surface area contributed by atoms with Gasteiger partial charge in [0.2, 0.25) is 0 Å². The number of amides is 2. The van der Waals surface area contributed by atoms with Crippen molar-refractivity contribution in [2.75, 3.05) is 19.6 Å². The van der Waals surface area contributed by atoms with E-state index in [0.717, 1.165) is 17.1 Å². The second kappa shape index (κ2) is 7.29. The highest BCUT2D eigenvalue weighted by molar-refractivity contribution is 7.09. The first-order valence-corrected chi connectivity index (χ1v) is 8.86. The molecule has 6 nitrogen and oxygen atoms in total. The number of aromatic nitrogens is 1. The van der Waals surface area contributed by atoms with Gasteiger partial charge in [-0.05, 0) is 12.8 Å². The topological polar surface area (TPSA) is 82.5 Å². The minimum absolute atomic E-state index is 0.0393. The second-order valence-corrected chi connectivity index (χ2v) is 7.92. The Hall–Kier alpha value is -1.63. The van der Waals surface area contributed by atoms with Crippen LogP contribution in [0.15, 0.2) is 5.38 Å². The highest BCUT2D eigenvalue weighted by Gasteiger charge is 2.27. The van der Waals surface area contributed by atoms with E-state index in [2.05, 4.69) is 36.5 Å². The number of likely N-dealkylation sites (tertiary alicyclic amines) is 1. The third-order valence-corrected chi connectivity index (χ3v) is 4.90. The molecule has 128 valence electrons. The summed E-state index contributed by atoms with van der Waals surface area (Å²) in [5.74, 6) is -1.26. The fourth-order valence-electron chi connectivity index (χ4n) is 2.52. The van der Waals surface area contributed by atoms with Gasteiger partial charge in [-0.15, -0.1) is 11.3 Å². The standard InChI is InChI=1S/C16H25N3O3S/c1-16(2,3)12-10-23-13(18-12)6-7-17-15(22)19-8-4-5-11(9-19)14(20)21/h10-11H,4-9H2,1-3H3,(H,17,22)(H,20,21). The molecular weight excluding hydrogens is 314 g/mol. The fourth-order valence-corrected chi connectivity index (χ4v) is 3.55. The predicted molar refractivity (Wildman–Crippen MR) is 89.8 cm³/mol. The molecule has 0 aliphatic carbocycles. The number of nitrogens with one attached hydrogen (secondary N) is 1. The van der Waals surface area contributed by atoms with E-state index in [1.54, 1.807) is 16.2 Å². The quantitative estimate of drug-likeness (QED) is 0.883. The van der Waals surface area contributed by atoms with Crippen molar-refractivity contribution >= 4 is 23.3 Å². The lowest BCUT2D eigenvalue weighted by Crippen LogP contribution is -2.47. The number of carboxylic acid groups (broad SMARTS) is 1. The van der Waals surface area contributed by atoms with Gasteiger partial charge >= 0.3 is 12.0 Å². The maximum atomic E-state index is 12.1. The van der Waals surface area contributed by atoms with E-state index in [1.807, 2.05) is 0 Å². The summed E-state index contributed by atoms with van der Waals surface area (Å²) < 4.78 is 0. The van der Waals surface area contributed by atoms with Crippen molar-refractivity contribution in [3.63, 3.8) is 0 Å². The number of hydrogen-bond donors (Lipinski definition) is 2. The van der Waals surface area contributed by atoms with E-state index in [4.69, 9.17) is 5.11 Å². The number of rotatable bonds is 4. The van der Waals surface area contributed by atoms with Crippen LogP contribution >= 0.6 is 11.3 Å². The monoisotopic (exact) mass is 339 g/mol. The lowest BCUT2D eigenvalue weighted by molar-refractivity contribution is -0.143. The maximum Gasteiger partial charge on any atom is 0.317 e. The fraction of sp³-hybridized carbons (Fsp3) is 0.688. The number of carbonyl (C=O) groups excluding carboxylic acids is 1. The summed E-state index contributed by atoms with van der Waals surface area (Å²) in [6.07, 6.45) is 2.09. The summed E-state index contributed by atoms with van der Waals surface area (Å²) in [7, 11) is 0. The molecule has 0 aromatic carbocycles. The zero-order chi connectivity index (χ0) is 17.0. The highest BCUT2D eigenvalue weighted by Crippen LogP contribution is 2.24. The average molecular weight is 339 g/mol. The van der Waals surface area contributed by atoms with Gasteiger partial charge in [-0.3, -0.25) is 4.79 Å². The number of urea groups is 1. The summed E-state index contributed by atoms with van der Waals surface area (Å²) >= 11 is 1.61. The minimum Gasteiger partial charge on any atom is -0.481 e. The van der Waals surface area contributed by atoms with Gasteiger partial charge in [0.05, 0.1) is 16.6 Å². The van der Waals surface area contributed by atoms with Crippen molar-refractivity contribution in [2.24, 2.45) is 5.92 Å². The van der Waals surface area contributed by atoms with E-state index in [9.17, 15) is 9.59 Å². The molecule has 0 saturated carbocycles. The van der Waals surface area contributed by atoms with Crippen LogP contribution < -0.4 is 5.32 Å². The molecule has 0 spiro atoms. The van der Waals surface area contributed by atoms with Crippen molar-refractivity contribution in [1.29, 1.82) is 0 Å². The van der Waals surface area contributed by atoms with Crippen molar-refractivity contribution < 1.29 is 14.7 Å². The van der Waals surface area contributed by atoms with Crippen LogP contribution in [0.5, 0.6) is 0 Å². The van der Waals surface area contributed by atoms with Crippen molar-refractivity contribution in [1.82, 2.24) is 15.2 Å². The van der Waals surface area contributed by atoms with E-state index >= 15 is 0 Å². The van der Waals surface area contributed by atoms with Crippen molar-refractivity contribution in [3.05, 3.63) is 16.1 Å². The first-order valence-electron chi connectivity index (χ1n) is 7.98. The Bertz CT molecular complexity index is 565.